The highest BCUT2D eigenvalue weighted by Crippen LogP contribution is 2.55. The molecule has 1 saturated heterocycles. The van der Waals surface area contributed by atoms with Crippen LogP contribution in [0.25, 0.3) is 6.08 Å². The van der Waals surface area contributed by atoms with Crippen molar-refractivity contribution in [3.63, 3.8) is 0 Å². The second kappa shape index (κ2) is 7.60. The third-order valence-electron chi connectivity index (χ3n) is 7.31. The fraction of sp³-hybridized carbons (Fsp3) is 0.440. The Kier molecular flexibility index (Phi) is 4.98. The van der Waals surface area contributed by atoms with E-state index in [4.69, 9.17) is 18.9 Å². The van der Waals surface area contributed by atoms with Gasteiger partial charge in [0.25, 0.3) is 0 Å². The first-order valence-corrected chi connectivity index (χ1v) is 10.8. The summed E-state index contributed by atoms with van der Waals surface area (Å²) in [5, 5.41) is 11.6. The Hall–Kier alpha value is -2.90. The number of nitrogens with zero attached hydrogens (tertiary/aromatic N) is 2. The van der Waals surface area contributed by atoms with Crippen LogP contribution >= 0.6 is 0 Å². The predicted octanol–water partition coefficient (Wildman–Crippen LogP) is 3.37. The largest absolute Gasteiger partial charge is 0.496 e. The number of aliphatic hydroxyl groups excluding tert-OH is 1. The Morgan fingerprint density at radius 3 is 2.03 bits per heavy atom. The average Bonchev–Trinajstić information content (AvgIpc) is 2.80. The average molecular weight is 439 g/mol. The lowest BCUT2D eigenvalue weighted by atomic mass is 9.78. The molecule has 170 valence electrons. The molecule has 3 aliphatic heterocycles. The number of hydrogen-bond acceptors (Lipinski definition) is 7. The first kappa shape index (κ1) is 21.0. The number of hydrogen-bond donors (Lipinski definition) is 1. The molecule has 0 aromatic heterocycles. The summed E-state index contributed by atoms with van der Waals surface area (Å²) in [5.74, 6) is 3.23. The van der Waals surface area contributed by atoms with Gasteiger partial charge in [-0.2, -0.15) is 0 Å². The standard InChI is InChI=1S/C25H30N2O5/c1-13-22-14(18(29-3)7-9-20(22)31-5)11-16-24-23-15(19(30-4)8-10-21(23)32-6)12-17(26(24)2)25(28)27(13)16/h7-11,13,17,24-25,28H,12H2,1-6H3/t13-,17+,24+,25?/m1/s1. The summed E-state index contributed by atoms with van der Waals surface area (Å²) < 4.78 is 22.9. The zero-order valence-corrected chi connectivity index (χ0v) is 19.4. The number of benzene rings is 2. The summed E-state index contributed by atoms with van der Waals surface area (Å²) in [5.41, 5.74) is 5.20. The molecule has 7 heteroatoms. The number of aliphatic hydroxyl groups is 1. The SMILES string of the molecule is COc1ccc(OC)c2c1C=C1[C@H]3c4c(OC)ccc(OC)c4C[C@@H](C(O)N1[C@@H]2C)N3C. The lowest BCUT2D eigenvalue weighted by Crippen LogP contribution is -2.61. The molecular formula is C25H30N2O5. The van der Waals surface area contributed by atoms with Crippen LogP contribution in [-0.2, 0) is 6.42 Å². The topological polar surface area (TPSA) is 63.6 Å². The number of piperazine rings is 1. The fourth-order valence-corrected chi connectivity index (χ4v) is 5.83. The molecule has 1 fully saturated rings. The van der Waals surface area contributed by atoms with E-state index < -0.39 is 6.23 Å². The van der Waals surface area contributed by atoms with Crippen LogP contribution in [0, 0.1) is 0 Å². The van der Waals surface area contributed by atoms with Gasteiger partial charge in [-0.15, -0.1) is 0 Å². The predicted molar refractivity (Wildman–Crippen MR) is 121 cm³/mol. The van der Waals surface area contributed by atoms with Crippen LogP contribution in [0.15, 0.2) is 30.0 Å². The molecule has 4 atom stereocenters. The Labute approximate surface area is 188 Å². The zero-order valence-electron chi connectivity index (χ0n) is 19.4. The first-order valence-electron chi connectivity index (χ1n) is 10.8. The van der Waals surface area contributed by atoms with Gasteiger partial charge in [-0.05, 0) is 50.7 Å². The number of rotatable bonds is 4. The molecule has 2 aromatic rings. The highest BCUT2D eigenvalue weighted by atomic mass is 16.5. The van der Waals surface area contributed by atoms with Crippen molar-refractivity contribution in [2.45, 2.75) is 37.7 Å². The number of fused-ring (bicyclic) bond motifs is 7. The molecular weight excluding hydrogens is 408 g/mol. The van der Waals surface area contributed by atoms with E-state index in [1.54, 1.807) is 28.4 Å². The van der Waals surface area contributed by atoms with Gasteiger partial charge in [0.2, 0.25) is 0 Å². The molecule has 0 amide bonds. The molecule has 32 heavy (non-hydrogen) atoms. The summed E-state index contributed by atoms with van der Waals surface area (Å²) in [6, 6.07) is 7.49. The highest BCUT2D eigenvalue weighted by Gasteiger charge is 2.51. The minimum atomic E-state index is -0.689. The van der Waals surface area contributed by atoms with Gasteiger partial charge >= 0.3 is 0 Å². The number of likely N-dealkylation sites (N-methyl/N-ethyl adjacent to an activating group) is 1. The van der Waals surface area contributed by atoms with E-state index in [2.05, 4.69) is 29.8 Å². The lowest BCUT2D eigenvalue weighted by molar-refractivity contribution is -0.107. The van der Waals surface area contributed by atoms with Crippen molar-refractivity contribution in [1.82, 2.24) is 9.80 Å². The van der Waals surface area contributed by atoms with Crippen molar-refractivity contribution < 1.29 is 24.1 Å². The molecule has 1 N–H and O–H groups in total. The third kappa shape index (κ3) is 2.67. The normalized spacial score (nSPS) is 25.8. The minimum absolute atomic E-state index is 0.0914. The maximum atomic E-state index is 11.6. The van der Waals surface area contributed by atoms with Crippen molar-refractivity contribution in [1.29, 1.82) is 0 Å². The van der Waals surface area contributed by atoms with Gasteiger partial charge in [0.05, 0.1) is 46.6 Å². The van der Waals surface area contributed by atoms with E-state index in [-0.39, 0.29) is 18.1 Å². The van der Waals surface area contributed by atoms with Gasteiger partial charge in [0.15, 0.2) is 0 Å². The fourth-order valence-electron chi connectivity index (χ4n) is 5.83. The lowest BCUT2D eigenvalue weighted by Gasteiger charge is -2.57. The molecule has 7 nitrogen and oxygen atoms in total. The number of methoxy groups -OCH3 is 4. The van der Waals surface area contributed by atoms with E-state index in [1.807, 2.05) is 24.3 Å². The van der Waals surface area contributed by atoms with Crippen molar-refractivity contribution in [3.8, 4) is 23.0 Å². The molecule has 0 spiro atoms. The molecule has 0 saturated carbocycles. The van der Waals surface area contributed by atoms with Gasteiger partial charge in [-0.3, -0.25) is 4.90 Å². The maximum Gasteiger partial charge on any atom is 0.143 e. The molecule has 2 aromatic carbocycles. The molecule has 3 heterocycles. The maximum absolute atomic E-state index is 11.6. The van der Waals surface area contributed by atoms with Crippen molar-refractivity contribution in [2.24, 2.45) is 0 Å². The second-order valence-corrected chi connectivity index (χ2v) is 8.57. The Balaban J connectivity index is 1.80. The Morgan fingerprint density at radius 2 is 1.41 bits per heavy atom. The summed E-state index contributed by atoms with van der Waals surface area (Å²) in [7, 11) is 8.82. The van der Waals surface area contributed by atoms with Crippen LogP contribution in [-0.4, -0.2) is 62.7 Å². The molecule has 0 aliphatic carbocycles. The molecule has 0 radical (unpaired) electrons. The van der Waals surface area contributed by atoms with E-state index in [1.165, 1.54) is 0 Å². The smallest absolute Gasteiger partial charge is 0.143 e. The van der Waals surface area contributed by atoms with E-state index in [0.717, 1.165) is 50.9 Å². The highest BCUT2D eigenvalue weighted by molar-refractivity contribution is 5.72. The van der Waals surface area contributed by atoms with Crippen LogP contribution in [0.3, 0.4) is 0 Å². The van der Waals surface area contributed by atoms with Gasteiger partial charge < -0.3 is 29.0 Å². The van der Waals surface area contributed by atoms with Crippen molar-refractivity contribution >= 4 is 6.08 Å². The molecule has 3 aliphatic rings. The van der Waals surface area contributed by atoms with Crippen LogP contribution in [0.1, 0.15) is 41.3 Å². The van der Waals surface area contributed by atoms with Crippen LogP contribution in [0.4, 0.5) is 0 Å². The van der Waals surface area contributed by atoms with Crippen molar-refractivity contribution in [3.05, 3.63) is 52.2 Å². The summed E-state index contributed by atoms with van der Waals surface area (Å²) in [4.78, 5) is 4.38. The number of ether oxygens (including phenoxy) is 4. The Morgan fingerprint density at radius 1 is 0.844 bits per heavy atom. The van der Waals surface area contributed by atoms with E-state index in [0.29, 0.717) is 6.42 Å². The van der Waals surface area contributed by atoms with Crippen LogP contribution in [0.5, 0.6) is 23.0 Å². The van der Waals surface area contributed by atoms with Crippen LogP contribution < -0.4 is 18.9 Å². The Bertz CT molecular complexity index is 1100. The van der Waals surface area contributed by atoms with Gasteiger partial charge in [-0.1, -0.05) is 0 Å². The quantitative estimate of drug-likeness (QED) is 0.785. The molecule has 1 unspecified atom stereocenters. The molecule has 5 rings (SSSR count). The summed E-state index contributed by atoms with van der Waals surface area (Å²) >= 11 is 0. The summed E-state index contributed by atoms with van der Waals surface area (Å²) in [6.45, 7) is 2.11. The third-order valence-corrected chi connectivity index (χ3v) is 7.31. The van der Waals surface area contributed by atoms with Gasteiger partial charge in [-0.25, -0.2) is 0 Å². The monoisotopic (exact) mass is 438 g/mol. The van der Waals surface area contributed by atoms with Gasteiger partial charge in [0.1, 0.15) is 29.2 Å². The van der Waals surface area contributed by atoms with E-state index >= 15 is 0 Å². The van der Waals surface area contributed by atoms with Crippen LogP contribution in [0.2, 0.25) is 0 Å². The van der Waals surface area contributed by atoms with Gasteiger partial charge in [0, 0.05) is 28.0 Å². The summed E-state index contributed by atoms with van der Waals surface area (Å²) in [6.07, 6.45) is 2.11. The second-order valence-electron chi connectivity index (χ2n) is 8.57. The first-order chi connectivity index (χ1) is 15.5. The zero-order chi connectivity index (χ0) is 22.7. The minimum Gasteiger partial charge on any atom is -0.496 e. The van der Waals surface area contributed by atoms with Crippen molar-refractivity contribution in [2.75, 3.05) is 35.5 Å². The molecule has 2 bridgehead atoms. The van der Waals surface area contributed by atoms with E-state index in [9.17, 15) is 5.11 Å².